The van der Waals surface area contributed by atoms with Crippen molar-refractivity contribution in [1.82, 2.24) is 14.5 Å². The van der Waals surface area contributed by atoms with Gasteiger partial charge in [-0.25, -0.2) is 9.97 Å². The Kier molecular flexibility index (Phi) is 3.10. The summed E-state index contributed by atoms with van der Waals surface area (Å²) in [6, 6.07) is 10.3. The van der Waals surface area contributed by atoms with Gasteiger partial charge in [-0.15, -0.1) is 0 Å². The summed E-state index contributed by atoms with van der Waals surface area (Å²) in [6.45, 7) is 2.24. The zero-order valence-corrected chi connectivity index (χ0v) is 14.4. The van der Waals surface area contributed by atoms with Crippen molar-refractivity contribution in [3.63, 3.8) is 0 Å². The first-order valence-corrected chi connectivity index (χ1v) is 8.89. The van der Waals surface area contributed by atoms with Gasteiger partial charge in [0.2, 0.25) is 0 Å². The lowest BCUT2D eigenvalue weighted by Gasteiger charge is -2.47. The van der Waals surface area contributed by atoms with Crippen LogP contribution in [0, 0.1) is 11.8 Å². The largest absolute Gasteiger partial charge is 0.356 e. The van der Waals surface area contributed by atoms with E-state index in [0.29, 0.717) is 5.02 Å². The molecule has 5 heteroatoms. The van der Waals surface area contributed by atoms with Gasteiger partial charge in [-0.05, 0) is 42.9 Å². The molecule has 3 aliphatic rings. The van der Waals surface area contributed by atoms with Crippen LogP contribution in [0.4, 0.5) is 5.82 Å². The minimum atomic E-state index is 0.652. The van der Waals surface area contributed by atoms with Crippen molar-refractivity contribution in [2.75, 3.05) is 18.0 Å². The number of fused-ring (bicyclic) bond motifs is 3. The molecule has 2 bridgehead atoms. The first-order chi connectivity index (χ1) is 11.7. The van der Waals surface area contributed by atoms with Crippen molar-refractivity contribution in [3.8, 4) is 11.4 Å². The van der Waals surface area contributed by atoms with Gasteiger partial charge in [0.05, 0.1) is 16.1 Å². The normalized spacial score (nSPS) is 22.7. The molecule has 4 heterocycles. The lowest BCUT2D eigenvalue weighted by atomic mass is 9.71. The van der Waals surface area contributed by atoms with E-state index in [1.807, 2.05) is 25.2 Å². The summed E-state index contributed by atoms with van der Waals surface area (Å²) in [5.74, 6) is 3.61. The second-order valence-electron chi connectivity index (χ2n) is 7.11. The Balaban J connectivity index is 1.59. The van der Waals surface area contributed by atoms with E-state index < -0.39 is 0 Å². The SMILES string of the molecule is Cn1c(-c2cc(N3CC4CC(C4)C3)ncc2Cl)nc2ccccc21. The van der Waals surface area contributed by atoms with E-state index in [0.717, 1.165) is 53.2 Å². The maximum atomic E-state index is 6.47. The van der Waals surface area contributed by atoms with Gasteiger partial charge < -0.3 is 9.47 Å². The van der Waals surface area contributed by atoms with E-state index in [1.165, 1.54) is 12.8 Å². The van der Waals surface area contributed by atoms with Crippen LogP contribution in [0.3, 0.4) is 0 Å². The predicted octanol–water partition coefficient (Wildman–Crippen LogP) is 4.13. The molecular formula is C19H19ClN4. The van der Waals surface area contributed by atoms with Crippen molar-refractivity contribution >= 4 is 28.5 Å². The van der Waals surface area contributed by atoms with E-state index in [4.69, 9.17) is 16.6 Å². The monoisotopic (exact) mass is 338 g/mol. The molecule has 4 nitrogen and oxygen atoms in total. The molecule has 0 spiro atoms. The third-order valence-corrected chi connectivity index (χ3v) is 5.78. The van der Waals surface area contributed by atoms with Gasteiger partial charge in [-0.1, -0.05) is 23.7 Å². The van der Waals surface area contributed by atoms with Crippen molar-refractivity contribution in [1.29, 1.82) is 0 Å². The van der Waals surface area contributed by atoms with Crippen LogP contribution >= 0.6 is 11.6 Å². The Bertz CT molecular complexity index is 916. The minimum absolute atomic E-state index is 0.652. The molecule has 6 rings (SSSR count). The highest BCUT2D eigenvalue weighted by Crippen LogP contribution is 2.41. The maximum absolute atomic E-state index is 6.47. The molecule has 0 unspecified atom stereocenters. The van der Waals surface area contributed by atoms with E-state index >= 15 is 0 Å². The standard InChI is InChI=1S/C19H19ClN4/c1-23-17-5-3-2-4-16(17)22-19(23)14-8-18(21-9-15(14)20)24-10-12-6-13(7-12)11-24/h2-5,8-9,12-13H,6-7,10-11H2,1H3. The Morgan fingerprint density at radius 3 is 2.62 bits per heavy atom. The third-order valence-electron chi connectivity index (χ3n) is 5.48. The van der Waals surface area contributed by atoms with Crippen LogP contribution in [0.1, 0.15) is 12.8 Å². The number of aromatic nitrogens is 3. The number of rotatable bonds is 2. The van der Waals surface area contributed by atoms with E-state index in [9.17, 15) is 0 Å². The molecule has 3 aromatic rings. The first kappa shape index (κ1) is 14.3. The third kappa shape index (κ3) is 2.13. The molecule has 1 saturated carbocycles. The zero-order chi connectivity index (χ0) is 16.3. The first-order valence-electron chi connectivity index (χ1n) is 8.51. The van der Waals surface area contributed by atoms with Gasteiger partial charge in [-0.3, -0.25) is 0 Å². The van der Waals surface area contributed by atoms with Crippen molar-refractivity contribution in [3.05, 3.63) is 41.6 Å². The number of imidazole rings is 1. The van der Waals surface area contributed by atoms with E-state index in [1.54, 1.807) is 6.20 Å². The summed E-state index contributed by atoms with van der Waals surface area (Å²) in [7, 11) is 2.04. The molecule has 2 aromatic heterocycles. The Morgan fingerprint density at radius 1 is 1.12 bits per heavy atom. The summed E-state index contributed by atoms with van der Waals surface area (Å²) in [5.41, 5.74) is 3.06. The van der Waals surface area contributed by atoms with Gasteiger partial charge in [0.1, 0.15) is 11.6 Å². The number of anilines is 1. The van der Waals surface area contributed by atoms with Crippen molar-refractivity contribution in [2.24, 2.45) is 18.9 Å². The van der Waals surface area contributed by atoms with Gasteiger partial charge in [-0.2, -0.15) is 0 Å². The van der Waals surface area contributed by atoms with Gasteiger partial charge >= 0.3 is 0 Å². The van der Waals surface area contributed by atoms with Crippen LogP contribution in [0.2, 0.25) is 5.02 Å². The van der Waals surface area contributed by atoms with Crippen LogP contribution in [-0.4, -0.2) is 27.6 Å². The molecule has 24 heavy (non-hydrogen) atoms. The molecule has 1 aromatic carbocycles. The highest BCUT2D eigenvalue weighted by molar-refractivity contribution is 6.33. The average molecular weight is 339 g/mol. The highest BCUT2D eigenvalue weighted by Gasteiger charge is 2.37. The lowest BCUT2D eigenvalue weighted by molar-refractivity contribution is 0.158. The van der Waals surface area contributed by atoms with Gasteiger partial charge in [0, 0.05) is 31.9 Å². The summed E-state index contributed by atoms with van der Waals surface area (Å²) in [5, 5.41) is 0.652. The van der Waals surface area contributed by atoms with Crippen LogP contribution in [0.5, 0.6) is 0 Å². The Morgan fingerprint density at radius 2 is 1.88 bits per heavy atom. The number of pyridine rings is 1. The number of hydrogen-bond acceptors (Lipinski definition) is 3. The number of hydrogen-bond donors (Lipinski definition) is 0. The molecule has 0 amide bonds. The molecule has 2 aliphatic heterocycles. The molecule has 122 valence electrons. The number of nitrogens with zero attached hydrogens (tertiary/aromatic N) is 4. The predicted molar refractivity (Wildman–Crippen MR) is 97.4 cm³/mol. The fourth-order valence-electron chi connectivity index (χ4n) is 4.22. The van der Waals surface area contributed by atoms with Crippen molar-refractivity contribution in [2.45, 2.75) is 12.8 Å². The molecule has 0 radical (unpaired) electrons. The summed E-state index contributed by atoms with van der Waals surface area (Å²) < 4.78 is 2.11. The molecule has 3 fully saturated rings. The van der Waals surface area contributed by atoms with Gasteiger partial charge in [0.15, 0.2) is 0 Å². The average Bonchev–Trinajstić information content (AvgIpc) is 2.92. The van der Waals surface area contributed by atoms with Crippen LogP contribution < -0.4 is 4.90 Å². The molecular weight excluding hydrogens is 320 g/mol. The summed E-state index contributed by atoms with van der Waals surface area (Å²) in [6.07, 6.45) is 4.55. The lowest BCUT2D eigenvalue weighted by Crippen LogP contribution is -2.48. The Labute approximate surface area is 146 Å². The number of piperidine rings is 2. The fraction of sp³-hybridized carbons (Fsp3) is 0.368. The quantitative estimate of drug-likeness (QED) is 0.704. The van der Waals surface area contributed by atoms with E-state index in [2.05, 4.69) is 26.6 Å². The topological polar surface area (TPSA) is 34.0 Å². The van der Waals surface area contributed by atoms with Crippen LogP contribution in [0.15, 0.2) is 36.5 Å². The van der Waals surface area contributed by atoms with Crippen LogP contribution in [0.25, 0.3) is 22.4 Å². The van der Waals surface area contributed by atoms with E-state index in [-0.39, 0.29) is 0 Å². The smallest absolute Gasteiger partial charge is 0.142 e. The molecule has 0 atom stereocenters. The number of halogens is 1. The molecule has 0 N–H and O–H groups in total. The summed E-state index contributed by atoms with van der Waals surface area (Å²) >= 11 is 6.47. The number of aryl methyl sites for hydroxylation is 1. The van der Waals surface area contributed by atoms with Crippen LogP contribution in [-0.2, 0) is 7.05 Å². The Hall–Kier alpha value is -2.07. The summed E-state index contributed by atoms with van der Waals surface area (Å²) in [4.78, 5) is 11.8. The second kappa shape index (κ2) is 5.21. The van der Waals surface area contributed by atoms with Gasteiger partial charge in [0.25, 0.3) is 0 Å². The minimum Gasteiger partial charge on any atom is -0.356 e. The fourth-order valence-corrected chi connectivity index (χ4v) is 4.40. The maximum Gasteiger partial charge on any atom is 0.142 e. The number of benzene rings is 1. The second-order valence-corrected chi connectivity index (χ2v) is 7.52. The number of para-hydroxylation sites is 2. The molecule has 2 saturated heterocycles. The van der Waals surface area contributed by atoms with Crippen molar-refractivity contribution < 1.29 is 0 Å². The zero-order valence-electron chi connectivity index (χ0n) is 13.6. The highest BCUT2D eigenvalue weighted by atomic mass is 35.5. The molecule has 1 aliphatic carbocycles.